The van der Waals surface area contributed by atoms with Crippen LogP contribution in [0, 0.1) is 6.92 Å². The Morgan fingerprint density at radius 2 is 2.29 bits per heavy atom. The zero-order valence-corrected chi connectivity index (χ0v) is 8.28. The fraction of sp³-hybridized carbons (Fsp3) is 0.500. The smallest absolute Gasteiger partial charge is 0.215 e. The Bertz CT molecular complexity index is 347. The first-order valence-electron chi connectivity index (χ1n) is 4.47. The Balaban J connectivity index is 2.32. The molecule has 1 aromatic heterocycles. The number of pyridine rings is 1. The van der Waals surface area contributed by atoms with Gasteiger partial charge in [-0.1, -0.05) is 0 Å². The molecule has 0 bridgehead atoms. The van der Waals surface area contributed by atoms with E-state index in [0.717, 1.165) is 11.1 Å². The summed E-state index contributed by atoms with van der Waals surface area (Å²) >= 11 is 0. The minimum atomic E-state index is -0.843. The topological polar surface area (TPSA) is 51.6 Å². The Morgan fingerprint density at radius 1 is 1.57 bits per heavy atom. The molecule has 76 valence electrons. The van der Waals surface area contributed by atoms with Crippen molar-refractivity contribution in [1.82, 2.24) is 4.98 Å². The van der Waals surface area contributed by atoms with Crippen LogP contribution in [0.25, 0.3) is 0 Å². The maximum Gasteiger partial charge on any atom is 0.215 e. The van der Waals surface area contributed by atoms with Crippen molar-refractivity contribution in [2.75, 3.05) is 20.3 Å². The number of rotatable bonds is 2. The molecule has 0 aliphatic carbocycles. The summed E-state index contributed by atoms with van der Waals surface area (Å²) in [6.07, 6.45) is 1.63. The first-order valence-corrected chi connectivity index (χ1v) is 4.47. The highest BCUT2D eigenvalue weighted by atomic mass is 16.5. The highest BCUT2D eigenvalue weighted by Gasteiger charge is 2.38. The van der Waals surface area contributed by atoms with Crippen LogP contribution in [0.1, 0.15) is 11.1 Å². The molecule has 1 aliphatic heterocycles. The number of aromatic nitrogens is 1. The number of ether oxygens (including phenoxy) is 2. The summed E-state index contributed by atoms with van der Waals surface area (Å²) in [6, 6.07) is 1.88. The van der Waals surface area contributed by atoms with Gasteiger partial charge in [-0.3, -0.25) is 0 Å². The van der Waals surface area contributed by atoms with Crippen LogP contribution >= 0.6 is 0 Å². The average Bonchev–Trinajstić information content (AvgIpc) is 2.14. The maximum atomic E-state index is 9.96. The molecule has 0 spiro atoms. The van der Waals surface area contributed by atoms with Gasteiger partial charge in [0.15, 0.2) is 0 Å². The molecule has 2 heterocycles. The van der Waals surface area contributed by atoms with E-state index in [1.54, 1.807) is 13.3 Å². The summed E-state index contributed by atoms with van der Waals surface area (Å²) in [7, 11) is 1.58. The van der Waals surface area contributed by atoms with Gasteiger partial charge in [-0.05, 0) is 13.0 Å². The third-order valence-corrected chi connectivity index (χ3v) is 2.44. The van der Waals surface area contributed by atoms with Gasteiger partial charge in [0, 0.05) is 17.3 Å². The Morgan fingerprint density at radius 3 is 2.71 bits per heavy atom. The quantitative estimate of drug-likeness (QED) is 0.751. The molecule has 0 saturated carbocycles. The monoisotopic (exact) mass is 195 g/mol. The first kappa shape index (κ1) is 9.43. The number of hydrogen-bond acceptors (Lipinski definition) is 4. The lowest BCUT2D eigenvalue weighted by molar-refractivity contribution is -0.184. The van der Waals surface area contributed by atoms with Gasteiger partial charge >= 0.3 is 0 Å². The molecule has 1 N–H and O–H groups in total. The highest BCUT2D eigenvalue weighted by Crippen LogP contribution is 2.30. The molecule has 1 fully saturated rings. The molecule has 14 heavy (non-hydrogen) atoms. The number of aliphatic hydroxyl groups is 1. The lowest BCUT2D eigenvalue weighted by atomic mass is 9.93. The molecular formula is C10H13NO3. The Labute approximate surface area is 82.5 Å². The third-order valence-electron chi connectivity index (χ3n) is 2.44. The van der Waals surface area contributed by atoms with Gasteiger partial charge in [0.1, 0.15) is 5.60 Å². The van der Waals surface area contributed by atoms with Crippen LogP contribution in [0.15, 0.2) is 12.3 Å². The van der Waals surface area contributed by atoms with Crippen LogP contribution in [-0.4, -0.2) is 30.4 Å². The zero-order valence-electron chi connectivity index (χ0n) is 8.28. The van der Waals surface area contributed by atoms with Crippen molar-refractivity contribution in [2.24, 2.45) is 0 Å². The fourth-order valence-corrected chi connectivity index (χ4v) is 1.49. The summed E-state index contributed by atoms with van der Waals surface area (Å²) in [4.78, 5) is 4.11. The molecule has 0 aromatic carbocycles. The first-order chi connectivity index (χ1) is 6.65. The lowest BCUT2D eigenvalue weighted by Crippen LogP contribution is -2.46. The summed E-state index contributed by atoms with van der Waals surface area (Å²) < 4.78 is 10.0. The average molecular weight is 195 g/mol. The second kappa shape index (κ2) is 3.22. The fourth-order valence-electron chi connectivity index (χ4n) is 1.49. The van der Waals surface area contributed by atoms with Crippen LogP contribution < -0.4 is 4.74 Å². The molecule has 0 atom stereocenters. The maximum absolute atomic E-state index is 9.96. The van der Waals surface area contributed by atoms with Gasteiger partial charge < -0.3 is 14.6 Å². The summed E-state index contributed by atoms with van der Waals surface area (Å²) in [5.41, 5.74) is 0.872. The molecule has 0 unspecified atom stereocenters. The normalized spacial score (nSPS) is 18.8. The van der Waals surface area contributed by atoms with Crippen molar-refractivity contribution in [3.63, 3.8) is 0 Å². The van der Waals surface area contributed by atoms with E-state index < -0.39 is 5.60 Å². The molecule has 4 nitrogen and oxygen atoms in total. The molecule has 1 aliphatic rings. The number of nitrogens with zero attached hydrogens (tertiary/aromatic N) is 1. The van der Waals surface area contributed by atoms with Crippen molar-refractivity contribution in [2.45, 2.75) is 12.5 Å². The predicted octanol–water partition coefficient (Wildman–Crippen LogP) is 0.616. The minimum Gasteiger partial charge on any atom is -0.481 e. The van der Waals surface area contributed by atoms with Crippen LogP contribution in [0.4, 0.5) is 0 Å². The van der Waals surface area contributed by atoms with Gasteiger partial charge in [-0.2, -0.15) is 0 Å². The van der Waals surface area contributed by atoms with E-state index in [4.69, 9.17) is 9.47 Å². The molecule has 0 amide bonds. The van der Waals surface area contributed by atoms with Gasteiger partial charge in [0.25, 0.3) is 0 Å². The molecule has 2 rings (SSSR count). The van der Waals surface area contributed by atoms with Crippen molar-refractivity contribution in [3.8, 4) is 5.88 Å². The minimum absolute atomic E-state index is 0.348. The van der Waals surface area contributed by atoms with E-state index in [1.807, 2.05) is 13.0 Å². The van der Waals surface area contributed by atoms with Gasteiger partial charge in [0.2, 0.25) is 5.88 Å². The largest absolute Gasteiger partial charge is 0.481 e. The van der Waals surface area contributed by atoms with E-state index in [1.165, 1.54) is 0 Å². The molecule has 1 saturated heterocycles. The molecule has 1 aromatic rings. The summed E-state index contributed by atoms with van der Waals surface area (Å²) in [5.74, 6) is 0.595. The van der Waals surface area contributed by atoms with Gasteiger partial charge in [-0.15, -0.1) is 0 Å². The van der Waals surface area contributed by atoms with E-state index in [2.05, 4.69) is 4.98 Å². The predicted molar refractivity (Wildman–Crippen MR) is 50.2 cm³/mol. The van der Waals surface area contributed by atoms with Crippen LogP contribution in [0.5, 0.6) is 5.88 Å². The second-order valence-corrected chi connectivity index (χ2v) is 3.57. The standard InChI is InChI=1S/C10H13NO3/c1-7-3-8(4-11-9(7)13-2)10(12)5-14-6-10/h3-4,12H,5-6H2,1-2H3. The van der Waals surface area contributed by atoms with E-state index in [0.29, 0.717) is 19.1 Å². The van der Waals surface area contributed by atoms with Crippen molar-refractivity contribution < 1.29 is 14.6 Å². The van der Waals surface area contributed by atoms with Crippen LogP contribution in [0.2, 0.25) is 0 Å². The Kier molecular flexibility index (Phi) is 2.17. The SMILES string of the molecule is COc1ncc(C2(O)COC2)cc1C. The lowest BCUT2D eigenvalue weighted by Gasteiger charge is -2.36. The van der Waals surface area contributed by atoms with Crippen molar-refractivity contribution in [1.29, 1.82) is 0 Å². The van der Waals surface area contributed by atoms with Crippen LogP contribution in [0.3, 0.4) is 0 Å². The summed E-state index contributed by atoms with van der Waals surface area (Å²) in [6.45, 7) is 2.60. The zero-order chi connectivity index (χ0) is 10.2. The van der Waals surface area contributed by atoms with E-state index in [9.17, 15) is 5.11 Å². The molecule has 0 radical (unpaired) electrons. The number of hydrogen-bond donors (Lipinski definition) is 1. The molecule has 4 heteroatoms. The highest BCUT2D eigenvalue weighted by molar-refractivity contribution is 5.32. The number of aryl methyl sites for hydroxylation is 1. The van der Waals surface area contributed by atoms with Crippen molar-refractivity contribution in [3.05, 3.63) is 23.4 Å². The van der Waals surface area contributed by atoms with Gasteiger partial charge in [0.05, 0.1) is 20.3 Å². The summed E-state index contributed by atoms with van der Waals surface area (Å²) in [5, 5.41) is 9.96. The van der Waals surface area contributed by atoms with E-state index >= 15 is 0 Å². The number of methoxy groups -OCH3 is 1. The molecular weight excluding hydrogens is 182 g/mol. The van der Waals surface area contributed by atoms with Crippen molar-refractivity contribution >= 4 is 0 Å². The van der Waals surface area contributed by atoms with Gasteiger partial charge in [-0.25, -0.2) is 4.98 Å². The van der Waals surface area contributed by atoms with Crippen LogP contribution in [-0.2, 0) is 10.3 Å². The Hall–Kier alpha value is -1.13. The second-order valence-electron chi connectivity index (χ2n) is 3.57. The third kappa shape index (κ3) is 1.36. The van der Waals surface area contributed by atoms with E-state index in [-0.39, 0.29) is 0 Å².